The van der Waals surface area contributed by atoms with Crippen molar-refractivity contribution in [2.45, 2.75) is 19.4 Å². The molecule has 2 heterocycles. The number of carbonyl (C=O) groups excluding carboxylic acids is 1. The Morgan fingerprint density at radius 3 is 3.11 bits per heavy atom. The third-order valence-corrected chi connectivity index (χ3v) is 3.24. The van der Waals surface area contributed by atoms with Gasteiger partial charge in [0.1, 0.15) is 30.8 Å². The first-order valence-electron chi connectivity index (χ1n) is 6.59. The molecule has 1 aromatic rings. The van der Waals surface area contributed by atoms with Gasteiger partial charge >= 0.3 is 0 Å². The van der Waals surface area contributed by atoms with E-state index in [1.807, 2.05) is 25.1 Å². The SMILES string of the molecule is CCC(=O)N1CCOc2ccc(OCC3CO3)cc21. The number of benzene rings is 1. The number of nitrogens with zero attached hydrogens (tertiary/aromatic N) is 1. The number of hydrogen-bond acceptors (Lipinski definition) is 4. The lowest BCUT2D eigenvalue weighted by Crippen LogP contribution is -2.37. The largest absolute Gasteiger partial charge is 0.491 e. The van der Waals surface area contributed by atoms with Gasteiger partial charge in [-0.3, -0.25) is 4.79 Å². The van der Waals surface area contributed by atoms with Gasteiger partial charge in [0.15, 0.2) is 0 Å². The summed E-state index contributed by atoms with van der Waals surface area (Å²) >= 11 is 0. The van der Waals surface area contributed by atoms with Crippen LogP contribution in [0, 0.1) is 0 Å². The summed E-state index contributed by atoms with van der Waals surface area (Å²) < 4.78 is 16.3. The first-order valence-corrected chi connectivity index (χ1v) is 6.59. The van der Waals surface area contributed by atoms with Crippen LogP contribution in [0.4, 0.5) is 5.69 Å². The Labute approximate surface area is 112 Å². The summed E-state index contributed by atoms with van der Waals surface area (Å²) in [6, 6.07) is 5.58. The molecule has 19 heavy (non-hydrogen) atoms. The highest BCUT2D eigenvalue weighted by Gasteiger charge is 2.25. The molecule has 2 aliphatic heterocycles. The van der Waals surface area contributed by atoms with Crippen LogP contribution in [0.5, 0.6) is 11.5 Å². The Morgan fingerprint density at radius 2 is 2.37 bits per heavy atom. The molecular formula is C14H17NO4. The second-order valence-corrected chi connectivity index (χ2v) is 4.64. The normalized spacial score (nSPS) is 20.5. The van der Waals surface area contributed by atoms with E-state index in [4.69, 9.17) is 14.2 Å². The zero-order valence-electron chi connectivity index (χ0n) is 10.9. The lowest BCUT2D eigenvalue weighted by atomic mass is 10.2. The molecule has 0 spiro atoms. The van der Waals surface area contributed by atoms with E-state index in [-0.39, 0.29) is 12.0 Å². The van der Waals surface area contributed by atoms with Gasteiger partial charge in [-0.1, -0.05) is 6.92 Å². The Morgan fingerprint density at radius 1 is 1.53 bits per heavy atom. The van der Waals surface area contributed by atoms with Crippen molar-refractivity contribution in [3.05, 3.63) is 18.2 Å². The predicted molar refractivity (Wildman–Crippen MR) is 69.8 cm³/mol. The van der Waals surface area contributed by atoms with Gasteiger partial charge in [0.05, 0.1) is 18.8 Å². The van der Waals surface area contributed by atoms with Crippen LogP contribution in [0.1, 0.15) is 13.3 Å². The van der Waals surface area contributed by atoms with E-state index in [9.17, 15) is 4.79 Å². The lowest BCUT2D eigenvalue weighted by Gasteiger charge is -2.29. The van der Waals surface area contributed by atoms with E-state index in [1.165, 1.54) is 0 Å². The summed E-state index contributed by atoms with van der Waals surface area (Å²) in [5, 5.41) is 0. The number of rotatable bonds is 4. The van der Waals surface area contributed by atoms with E-state index in [0.29, 0.717) is 26.2 Å². The zero-order chi connectivity index (χ0) is 13.2. The molecule has 1 unspecified atom stereocenters. The third-order valence-electron chi connectivity index (χ3n) is 3.24. The Bertz CT molecular complexity index is 484. The number of carbonyl (C=O) groups is 1. The van der Waals surface area contributed by atoms with E-state index in [1.54, 1.807) is 4.90 Å². The van der Waals surface area contributed by atoms with E-state index in [0.717, 1.165) is 23.8 Å². The summed E-state index contributed by atoms with van der Waals surface area (Å²) in [6.45, 7) is 4.32. The van der Waals surface area contributed by atoms with Crippen LogP contribution in [0.25, 0.3) is 0 Å². The summed E-state index contributed by atoms with van der Waals surface area (Å²) in [5.74, 6) is 1.59. The lowest BCUT2D eigenvalue weighted by molar-refractivity contribution is -0.118. The number of ether oxygens (including phenoxy) is 3. The van der Waals surface area contributed by atoms with Gasteiger partial charge in [-0.15, -0.1) is 0 Å². The second kappa shape index (κ2) is 5.09. The van der Waals surface area contributed by atoms with Gasteiger partial charge in [0.2, 0.25) is 5.91 Å². The van der Waals surface area contributed by atoms with Crippen LogP contribution >= 0.6 is 0 Å². The van der Waals surface area contributed by atoms with Gasteiger partial charge in [-0.05, 0) is 12.1 Å². The third kappa shape index (κ3) is 2.66. The predicted octanol–water partition coefficient (Wildman–Crippen LogP) is 1.60. The first-order chi connectivity index (χ1) is 9.28. The molecule has 102 valence electrons. The van der Waals surface area contributed by atoms with Crippen LogP contribution < -0.4 is 14.4 Å². The highest BCUT2D eigenvalue weighted by molar-refractivity contribution is 5.95. The molecule has 1 atom stereocenters. The number of fused-ring (bicyclic) bond motifs is 1. The van der Waals surface area contributed by atoms with Crippen molar-refractivity contribution in [3.63, 3.8) is 0 Å². The van der Waals surface area contributed by atoms with Crippen molar-refractivity contribution >= 4 is 11.6 Å². The van der Waals surface area contributed by atoms with E-state index in [2.05, 4.69) is 0 Å². The standard InChI is InChI=1S/C14H17NO4/c1-2-14(16)15-5-6-17-13-4-3-10(7-12(13)15)18-8-11-9-19-11/h3-4,7,11H,2,5-6,8-9H2,1H3. The van der Waals surface area contributed by atoms with Crippen molar-refractivity contribution in [1.82, 2.24) is 0 Å². The molecular weight excluding hydrogens is 246 g/mol. The fraction of sp³-hybridized carbons (Fsp3) is 0.500. The molecule has 5 heteroatoms. The molecule has 1 fully saturated rings. The quantitative estimate of drug-likeness (QED) is 0.774. The van der Waals surface area contributed by atoms with E-state index >= 15 is 0 Å². The van der Waals surface area contributed by atoms with Crippen molar-refractivity contribution in [2.24, 2.45) is 0 Å². The molecule has 5 nitrogen and oxygen atoms in total. The Hall–Kier alpha value is -1.75. The summed E-state index contributed by atoms with van der Waals surface area (Å²) in [5.41, 5.74) is 0.798. The van der Waals surface area contributed by atoms with Crippen LogP contribution in [-0.4, -0.2) is 38.4 Å². The van der Waals surface area contributed by atoms with Crippen LogP contribution in [0.2, 0.25) is 0 Å². The van der Waals surface area contributed by atoms with Crippen LogP contribution in [0.15, 0.2) is 18.2 Å². The molecule has 0 saturated carbocycles. The van der Waals surface area contributed by atoms with Gasteiger partial charge in [-0.25, -0.2) is 0 Å². The summed E-state index contributed by atoms with van der Waals surface area (Å²) in [7, 11) is 0. The molecule has 0 radical (unpaired) electrons. The highest BCUT2D eigenvalue weighted by Crippen LogP contribution is 2.35. The maximum atomic E-state index is 11.9. The number of hydrogen-bond donors (Lipinski definition) is 0. The van der Waals surface area contributed by atoms with Gasteiger partial charge in [0, 0.05) is 12.5 Å². The second-order valence-electron chi connectivity index (χ2n) is 4.64. The number of epoxide rings is 1. The van der Waals surface area contributed by atoms with Gasteiger partial charge < -0.3 is 19.1 Å². The monoisotopic (exact) mass is 263 g/mol. The van der Waals surface area contributed by atoms with Crippen molar-refractivity contribution in [3.8, 4) is 11.5 Å². The first kappa shape index (κ1) is 12.3. The molecule has 3 rings (SSSR count). The van der Waals surface area contributed by atoms with E-state index < -0.39 is 0 Å². The zero-order valence-corrected chi connectivity index (χ0v) is 10.9. The molecule has 1 amide bonds. The highest BCUT2D eigenvalue weighted by atomic mass is 16.6. The minimum atomic E-state index is 0.104. The van der Waals surface area contributed by atoms with Gasteiger partial charge in [-0.2, -0.15) is 0 Å². The molecule has 1 aromatic carbocycles. The average molecular weight is 263 g/mol. The summed E-state index contributed by atoms with van der Waals surface area (Å²) in [6.07, 6.45) is 0.709. The number of anilines is 1. The van der Waals surface area contributed by atoms with Crippen molar-refractivity contribution in [2.75, 3.05) is 31.3 Å². The molecule has 2 aliphatic rings. The Balaban J connectivity index is 1.80. The fourth-order valence-electron chi connectivity index (χ4n) is 2.09. The molecule has 0 aromatic heterocycles. The minimum absolute atomic E-state index is 0.104. The molecule has 0 N–H and O–H groups in total. The molecule has 0 bridgehead atoms. The molecule has 0 aliphatic carbocycles. The van der Waals surface area contributed by atoms with Crippen molar-refractivity contribution < 1.29 is 19.0 Å². The smallest absolute Gasteiger partial charge is 0.226 e. The van der Waals surface area contributed by atoms with Gasteiger partial charge in [0.25, 0.3) is 0 Å². The number of amides is 1. The van der Waals surface area contributed by atoms with Crippen LogP contribution in [0.3, 0.4) is 0 Å². The van der Waals surface area contributed by atoms with Crippen molar-refractivity contribution in [1.29, 1.82) is 0 Å². The minimum Gasteiger partial charge on any atom is -0.491 e. The fourth-order valence-corrected chi connectivity index (χ4v) is 2.09. The Kier molecular flexibility index (Phi) is 3.29. The topological polar surface area (TPSA) is 51.3 Å². The molecule has 1 saturated heterocycles. The average Bonchev–Trinajstić information content (AvgIpc) is 3.27. The van der Waals surface area contributed by atoms with Crippen LogP contribution in [-0.2, 0) is 9.53 Å². The maximum Gasteiger partial charge on any atom is 0.226 e. The summed E-state index contributed by atoms with van der Waals surface area (Å²) in [4.78, 5) is 13.7. The maximum absolute atomic E-state index is 11.9.